The van der Waals surface area contributed by atoms with Gasteiger partial charge in [0.1, 0.15) is 12.2 Å². The van der Waals surface area contributed by atoms with E-state index in [1.54, 1.807) is 0 Å². The third-order valence-electron chi connectivity index (χ3n) is 2.89. The molecular formula is C14H15N3O3. The maximum Gasteiger partial charge on any atom is 0.354 e. The molecule has 0 saturated carbocycles. The number of nitrogens with one attached hydrogen (secondary N) is 1. The summed E-state index contributed by atoms with van der Waals surface area (Å²) in [5.41, 5.74) is 2.77. The fraction of sp³-hybridized carbons (Fsp3) is 0.214. The van der Waals surface area contributed by atoms with Crippen molar-refractivity contribution in [1.29, 1.82) is 0 Å². The molecule has 1 aromatic carbocycles. The molecular weight excluding hydrogens is 258 g/mol. The first-order chi connectivity index (χ1) is 9.47. The summed E-state index contributed by atoms with van der Waals surface area (Å²) in [5.74, 6) is -1.43. The Labute approximate surface area is 116 Å². The molecule has 0 unspecified atom stereocenters. The Kier molecular flexibility index (Phi) is 3.84. The van der Waals surface area contributed by atoms with Crippen LogP contribution in [-0.2, 0) is 11.3 Å². The molecule has 0 spiro atoms. The smallest absolute Gasteiger partial charge is 0.354 e. The lowest BCUT2D eigenvalue weighted by atomic mass is 10.1. The number of hydrogen-bond donors (Lipinski definition) is 2. The van der Waals surface area contributed by atoms with Crippen LogP contribution in [-0.4, -0.2) is 26.8 Å². The van der Waals surface area contributed by atoms with Crippen molar-refractivity contribution in [2.24, 2.45) is 0 Å². The van der Waals surface area contributed by atoms with E-state index in [0.717, 1.165) is 15.8 Å². The molecule has 0 aliphatic rings. The van der Waals surface area contributed by atoms with Crippen molar-refractivity contribution < 1.29 is 14.7 Å². The summed E-state index contributed by atoms with van der Waals surface area (Å²) in [7, 11) is 0. The van der Waals surface area contributed by atoms with Crippen molar-refractivity contribution >= 4 is 17.6 Å². The zero-order chi connectivity index (χ0) is 14.7. The molecule has 2 aromatic rings. The number of hydrogen-bond acceptors (Lipinski definition) is 3. The third kappa shape index (κ3) is 3.03. The van der Waals surface area contributed by atoms with Gasteiger partial charge in [0.15, 0.2) is 0 Å². The number of rotatable bonds is 4. The number of carboxylic acids is 1. The Morgan fingerprint density at radius 1 is 1.30 bits per heavy atom. The molecule has 20 heavy (non-hydrogen) atoms. The lowest BCUT2D eigenvalue weighted by Crippen LogP contribution is -2.22. The number of carbonyl (C=O) groups is 2. The van der Waals surface area contributed by atoms with Crippen LogP contribution in [0.1, 0.15) is 21.6 Å². The first-order valence-electron chi connectivity index (χ1n) is 6.09. The number of aromatic carboxylic acids is 1. The zero-order valence-electron chi connectivity index (χ0n) is 11.3. The summed E-state index contributed by atoms with van der Waals surface area (Å²) in [4.78, 5) is 22.8. The van der Waals surface area contributed by atoms with Gasteiger partial charge >= 0.3 is 5.97 Å². The van der Waals surface area contributed by atoms with E-state index in [1.165, 1.54) is 12.3 Å². The number of anilines is 1. The van der Waals surface area contributed by atoms with Gasteiger partial charge in [0.05, 0.1) is 0 Å². The summed E-state index contributed by atoms with van der Waals surface area (Å²) < 4.78 is 1.15. The minimum atomic E-state index is -1.11. The molecule has 6 heteroatoms. The molecule has 0 fully saturated rings. The van der Waals surface area contributed by atoms with Gasteiger partial charge in [-0.3, -0.25) is 4.79 Å². The molecule has 2 N–H and O–H groups in total. The van der Waals surface area contributed by atoms with Crippen LogP contribution in [0.25, 0.3) is 0 Å². The first kappa shape index (κ1) is 13.8. The summed E-state index contributed by atoms with van der Waals surface area (Å²) in [5, 5.41) is 15.5. The van der Waals surface area contributed by atoms with Gasteiger partial charge in [0.25, 0.3) is 0 Å². The Hall–Kier alpha value is -2.63. The highest BCUT2D eigenvalue weighted by molar-refractivity contribution is 5.92. The fourth-order valence-electron chi connectivity index (χ4n) is 1.92. The third-order valence-corrected chi connectivity index (χ3v) is 2.89. The van der Waals surface area contributed by atoms with Crippen LogP contribution in [0.4, 0.5) is 5.69 Å². The topological polar surface area (TPSA) is 84.2 Å². The number of amides is 1. The molecule has 0 atom stereocenters. The van der Waals surface area contributed by atoms with Crippen molar-refractivity contribution in [3.05, 3.63) is 47.3 Å². The zero-order valence-corrected chi connectivity index (χ0v) is 11.3. The number of carbonyl (C=O) groups excluding carboxylic acids is 1. The molecule has 2 rings (SSSR count). The van der Waals surface area contributed by atoms with E-state index in [2.05, 4.69) is 10.4 Å². The Morgan fingerprint density at radius 3 is 2.70 bits per heavy atom. The van der Waals surface area contributed by atoms with Crippen LogP contribution in [0, 0.1) is 13.8 Å². The quantitative estimate of drug-likeness (QED) is 0.890. The van der Waals surface area contributed by atoms with E-state index in [4.69, 9.17) is 5.11 Å². The molecule has 0 aliphatic heterocycles. The Morgan fingerprint density at radius 2 is 2.05 bits per heavy atom. The largest absolute Gasteiger partial charge is 0.477 e. The van der Waals surface area contributed by atoms with Gasteiger partial charge in [-0.2, -0.15) is 5.10 Å². The van der Waals surface area contributed by atoms with E-state index < -0.39 is 5.97 Å². The van der Waals surface area contributed by atoms with Crippen LogP contribution >= 0.6 is 0 Å². The molecule has 1 amide bonds. The number of benzene rings is 1. The highest BCUT2D eigenvalue weighted by Gasteiger charge is 2.13. The van der Waals surface area contributed by atoms with Gasteiger partial charge in [-0.15, -0.1) is 0 Å². The highest BCUT2D eigenvalue weighted by Crippen LogP contribution is 2.16. The maximum absolute atomic E-state index is 11.9. The lowest BCUT2D eigenvalue weighted by molar-refractivity contribution is -0.116. The first-order valence-corrected chi connectivity index (χ1v) is 6.09. The maximum atomic E-state index is 11.9. The van der Waals surface area contributed by atoms with Crippen molar-refractivity contribution in [3.8, 4) is 0 Å². The second kappa shape index (κ2) is 5.56. The molecule has 6 nitrogen and oxygen atoms in total. The summed E-state index contributed by atoms with van der Waals surface area (Å²) in [6, 6.07) is 7.04. The van der Waals surface area contributed by atoms with Gasteiger partial charge in [0, 0.05) is 11.9 Å². The van der Waals surface area contributed by atoms with Gasteiger partial charge in [0.2, 0.25) is 5.91 Å². The molecule has 0 radical (unpaired) electrons. The van der Waals surface area contributed by atoms with E-state index in [-0.39, 0.29) is 18.1 Å². The van der Waals surface area contributed by atoms with Crippen molar-refractivity contribution in [2.75, 3.05) is 5.32 Å². The lowest BCUT2D eigenvalue weighted by Gasteiger charge is -2.10. The average Bonchev–Trinajstić information content (AvgIpc) is 2.81. The predicted molar refractivity (Wildman–Crippen MR) is 73.7 cm³/mol. The van der Waals surface area contributed by atoms with Gasteiger partial charge in [-0.05, 0) is 31.5 Å². The Balaban J connectivity index is 2.09. The van der Waals surface area contributed by atoms with Crippen molar-refractivity contribution in [3.63, 3.8) is 0 Å². The summed E-state index contributed by atoms with van der Waals surface area (Å²) >= 11 is 0. The van der Waals surface area contributed by atoms with Crippen LogP contribution in [0.5, 0.6) is 0 Å². The molecule has 104 valence electrons. The molecule has 0 aliphatic carbocycles. The second-order valence-corrected chi connectivity index (χ2v) is 4.55. The summed E-state index contributed by atoms with van der Waals surface area (Å²) in [6.07, 6.45) is 1.36. The monoisotopic (exact) mass is 273 g/mol. The van der Waals surface area contributed by atoms with Gasteiger partial charge < -0.3 is 10.4 Å². The van der Waals surface area contributed by atoms with Gasteiger partial charge in [-0.1, -0.05) is 17.7 Å². The second-order valence-electron chi connectivity index (χ2n) is 4.55. The number of carboxylic acid groups (broad SMARTS) is 1. The van der Waals surface area contributed by atoms with Crippen LogP contribution in [0.15, 0.2) is 30.5 Å². The van der Waals surface area contributed by atoms with Crippen LogP contribution in [0.3, 0.4) is 0 Å². The van der Waals surface area contributed by atoms with E-state index >= 15 is 0 Å². The number of nitrogens with zero attached hydrogens (tertiary/aromatic N) is 2. The molecule has 1 aromatic heterocycles. The average molecular weight is 273 g/mol. The molecule has 1 heterocycles. The van der Waals surface area contributed by atoms with E-state index in [9.17, 15) is 9.59 Å². The predicted octanol–water partition coefficient (Wildman–Crippen LogP) is 1.84. The minimum absolute atomic E-state index is 0.0132. The SMILES string of the molecule is Cc1ccc(NC(=O)Cn2nccc2C(=O)O)c(C)c1. The number of aromatic nitrogens is 2. The molecule has 0 bridgehead atoms. The normalized spacial score (nSPS) is 10.3. The number of aryl methyl sites for hydroxylation is 2. The standard InChI is InChI=1S/C14H15N3O3/c1-9-3-4-11(10(2)7-9)16-13(18)8-17-12(14(19)20)5-6-15-17/h3-7H,8H2,1-2H3,(H,16,18)(H,19,20). The van der Waals surface area contributed by atoms with E-state index in [1.807, 2.05) is 32.0 Å². The Bertz CT molecular complexity index is 661. The summed E-state index contributed by atoms with van der Waals surface area (Å²) in [6.45, 7) is 3.74. The van der Waals surface area contributed by atoms with Crippen LogP contribution < -0.4 is 5.32 Å². The van der Waals surface area contributed by atoms with Crippen molar-refractivity contribution in [2.45, 2.75) is 20.4 Å². The van der Waals surface area contributed by atoms with E-state index in [0.29, 0.717) is 5.69 Å². The molecule has 0 saturated heterocycles. The minimum Gasteiger partial charge on any atom is -0.477 e. The highest BCUT2D eigenvalue weighted by atomic mass is 16.4. The fourth-order valence-corrected chi connectivity index (χ4v) is 1.92. The van der Waals surface area contributed by atoms with Crippen LogP contribution in [0.2, 0.25) is 0 Å². The van der Waals surface area contributed by atoms with Gasteiger partial charge in [-0.25, -0.2) is 9.48 Å². The van der Waals surface area contributed by atoms with Crippen molar-refractivity contribution in [1.82, 2.24) is 9.78 Å².